The van der Waals surface area contributed by atoms with Crippen molar-refractivity contribution in [3.8, 4) is 0 Å². The lowest BCUT2D eigenvalue weighted by molar-refractivity contribution is -0.0429. The highest BCUT2D eigenvalue weighted by atomic mass is 32.2. The maximum Gasteiger partial charge on any atom is 0.516 e. The molecule has 0 saturated carbocycles. The minimum atomic E-state index is -5.48. The minimum Gasteiger partial charge on any atom is -0.304 e. The lowest BCUT2D eigenvalue weighted by atomic mass is 10.2. The predicted molar refractivity (Wildman–Crippen MR) is 77.7 cm³/mol. The molecular weight excluding hydrogens is 319 g/mol. The number of halogens is 3. The summed E-state index contributed by atoms with van der Waals surface area (Å²) in [5.41, 5.74) is -4.78. The Morgan fingerprint density at radius 2 is 1.86 bits per heavy atom. The number of rotatable bonds is 4. The van der Waals surface area contributed by atoms with Crippen LogP contribution in [0.15, 0.2) is 30.3 Å². The van der Waals surface area contributed by atoms with E-state index < -0.39 is 15.5 Å². The highest BCUT2D eigenvalue weighted by molar-refractivity contribution is 7.93. The molecule has 2 aromatic rings. The molecule has 0 aliphatic heterocycles. The quantitative estimate of drug-likeness (QED) is 0.934. The van der Waals surface area contributed by atoms with Crippen molar-refractivity contribution in [1.29, 1.82) is 0 Å². The SMILES string of the molecule is CN(C)Cc1ccc2cccc(NS(=O)(=O)C(F)(F)F)c2n1. The number of aromatic nitrogens is 1. The average molecular weight is 333 g/mol. The Morgan fingerprint density at radius 3 is 2.45 bits per heavy atom. The first-order valence-corrected chi connectivity index (χ1v) is 7.71. The summed E-state index contributed by atoms with van der Waals surface area (Å²) < 4.78 is 61.5. The van der Waals surface area contributed by atoms with E-state index in [9.17, 15) is 21.6 Å². The van der Waals surface area contributed by atoms with Crippen molar-refractivity contribution in [3.05, 3.63) is 36.0 Å². The second-order valence-corrected chi connectivity index (χ2v) is 6.64. The molecule has 9 heteroatoms. The summed E-state index contributed by atoms with van der Waals surface area (Å²) in [5, 5.41) is 0.546. The van der Waals surface area contributed by atoms with Crippen LogP contribution in [0, 0.1) is 0 Å². The smallest absolute Gasteiger partial charge is 0.304 e. The van der Waals surface area contributed by atoms with Gasteiger partial charge in [0.2, 0.25) is 0 Å². The normalized spacial score (nSPS) is 12.8. The Labute approximate surface area is 125 Å². The van der Waals surface area contributed by atoms with Gasteiger partial charge < -0.3 is 4.90 Å². The second-order valence-electron chi connectivity index (χ2n) is 4.97. The first-order valence-electron chi connectivity index (χ1n) is 6.22. The zero-order valence-corrected chi connectivity index (χ0v) is 12.7. The highest BCUT2D eigenvalue weighted by Crippen LogP contribution is 2.29. The van der Waals surface area contributed by atoms with E-state index in [0.717, 1.165) is 0 Å². The molecule has 0 atom stereocenters. The van der Waals surface area contributed by atoms with Crippen molar-refractivity contribution in [2.45, 2.75) is 12.1 Å². The van der Waals surface area contributed by atoms with Gasteiger partial charge >= 0.3 is 15.5 Å². The monoisotopic (exact) mass is 333 g/mol. The molecule has 0 unspecified atom stereocenters. The first kappa shape index (κ1) is 16.5. The number of nitrogens with one attached hydrogen (secondary N) is 1. The van der Waals surface area contributed by atoms with E-state index in [0.29, 0.717) is 17.6 Å². The van der Waals surface area contributed by atoms with Crippen LogP contribution in [0.5, 0.6) is 0 Å². The number of benzene rings is 1. The van der Waals surface area contributed by atoms with Crippen LogP contribution in [0.3, 0.4) is 0 Å². The lowest BCUT2D eigenvalue weighted by Crippen LogP contribution is -2.30. The Balaban J connectivity index is 2.50. The van der Waals surface area contributed by atoms with Gasteiger partial charge in [-0.15, -0.1) is 0 Å². The number of anilines is 1. The Kier molecular flexibility index (Phi) is 4.30. The molecule has 1 aromatic carbocycles. The third-order valence-electron chi connectivity index (χ3n) is 2.81. The summed E-state index contributed by atoms with van der Waals surface area (Å²) in [6, 6.07) is 7.78. The number of hydrogen-bond acceptors (Lipinski definition) is 4. The number of sulfonamides is 1. The van der Waals surface area contributed by atoms with E-state index >= 15 is 0 Å². The number of para-hydroxylation sites is 1. The fourth-order valence-corrected chi connectivity index (χ4v) is 2.45. The van der Waals surface area contributed by atoms with Crippen LogP contribution >= 0.6 is 0 Å². The van der Waals surface area contributed by atoms with Gasteiger partial charge in [0, 0.05) is 11.9 Å². The summed E-state index contributed by atoms with van der Waals surface area (Å²) in [4.78, 5) is 6.09. The minimum absolute atomic E-state index is 0.176. The number of hydrogen-bond donors (Lipinski definition) is 1. The molecule has 2 rings (SSSR count). The summed E-state index contributed by atoms with van der Waals surface area (Å²) in [6.07, 6.45) is 0. The summed E-state index contributed by atoms with van der Waals surface area (Å²) in [6.45, 7) is 0.482. The zero-order valence-electron chi connectivity index (χ0n) is 11.8. The molecule has 0 saturated heterocycles. The molecular formula is C13H14F3N3O2S. The fraction of sp³-hybridized carbons (Fsp3) is 0.308. The van der Waals surface area contributed by atoms with E-state index in [-0.39, 0.29) is 11.2 Å². The maximum absolute atomic E-state index is 12.5. The maximum atomic E-state index is 12.5. The molecule has 0 aliphatic carbocycles. The standard InChI is InChI=1S/C13H14F3N3O2S/c1-19(2)8-10-7-6-9-4-3-5-11(12(9)17-10)18-22(20,21)13(14,15)16/h3-7,18H,8H2,1-2H3. The van der Waals surface area contributed by atoms with Crippen LogP contribution in [0.1, 0.15) is 5.69 Å². The van der Waals surface area contributed by atoms with E-state index in [1.54, 1.807) is 22.9 Å². The molecule has 120 valence electrons. The van der Waals surface area contributed by atoms with Crippen molar-refractivity contribution < 1.29 is 21.6 Å². The van der Waals surface area contributed by atoms with E-state index in [4.69, 9.17) is 0 Å². The van der Waals surface area contributed by atoms with Gasteiger partial charge in [0.05, 0.1) is 16.9 Å². The molecule has 0 bridgehead atoms. The van der Waals surface area contributed by atoms with Gasteiger partial charge in [-0.3, -0.25) is 4.72 Å². The Morgan fingerprint density at radius 1 is 1.18 bits per heavy atom. The fourth-order valence-electron chi connectivity index (χ4n) is 1.88. The highest BCUT2D eigenvalue weighted by Gasteiger charge is 2.46. The molecule has 22 heavy (non-hydrogen) atoms. The van der Waals surface area contributed by atoms with Gasteiger partial charge in [0.25, 0.3) is 0 Å². The van der Waals surface area contributed by atoms with Gasteiger partial charge in [-0.05, 0) is 26.2 Å². The van der Waals surface area contributed by atoms with Crippen LogP contribution in [-0.4, -0.2) is 37.9 Å². The lowest BCUT2D eigenvalue weighted by Gasteiger charge is -2.13. The number of nitrogens with zero attached hydrogens (tertiary/aromatic N) is 2. The van der Waals surface area contributed by atoms with Crippen LogP contribution in [0.4, 0.5) is 18.9 Å². The summed E-state index contributed by atoms with van der Waals surface area (Å²) in [7, 11) is -1.83. The summed E-state index contributed by atoms with van der Waals surface area (Å²) in [5.74, 6) is 0. The molecule has 0 fully saturated rings. The van der Waals surface area contributed by atoms with Gasteiger partial charge in [0.15, 0.2) is 0 Å². The number of alkyl halides is 3. The predicted octanol–water partition coefficient (Wildman–Crippen LogP) is 2.56. The topological polar surface area (TPSA) is 62.3 Å². The number of pyridine rings is 1. The second kappa shape index (κ2) is 5.73. The molecule has 0 aliphatic rings. The largest absolute Gasteiger partial charge is 0.516 e. The molecule has 0 spiro atoms. The van der Waals surface area contributed by atoms with Crippen molar-refractivity contribution in [1.82, 2.24) is 9.88 Å². The van der Waals surface area contributed by atoms with Crippen molar-refractivity contribution >= 4 is 26.6 Å². The Hall–Kier alpha value is -1.87. The van der Waals surface area contributed by atoms with Gasteiger partial charge in [-0.25, -0.2) is 4.98 Å². The summed E-state index contributed by atoms with van der Waals surface area (Å²) >= 11 is 0. The molecule has 0 amide bonds. The molecule has 1 heterocycles. The molecule has 5 nitrogen and oxygen atoms in total. The van der Waals surface area contributed by atoms with E-state index in [2.05, 4.69) is 4.98 Å². The number of fused-ring (bicyclic) bond motifs is 1. The van der Waals surface area contributed by atoms with Crippen LogP contribution in [0.25, 0.3) is 10.9 Å². The van der Waals surface area contributed by atoms with Crippen LogP contribution in [-0.2, 0) is 16.6 Å². The molecule has 1 aromatic heterocycles. The van der Waals surface area contributed by atoms with Gasteiger partial charge in [-0.2, -0.15) is 21.6 Å². The van der Waals surface area contributed by atoms with E-state index in [1.807, 2.05) is 19.0 Å². The van der Waals surface area contributed by atoms with Crippen molar-refractivity contribution in [2.24, 2.45) is 0 Å². The van der Waals surface area contributed by atoms with Gasteiger partial charge in [0.1, 0.15) is 0 Å². The van der Waals surface area contributed by atoms with Crippen molar-refractivity contribution in [2.75, 3.05) is 18.8 Å². The van der Waals surface area contributed by atoms with Crippen LogP contribution in [0.2, 0.25) is 0 Å². The van der Waals surface area contributed by atoms with Gasteiger partial charge in [-0.1, -0.05) is 18.2 Å². The third kappa shape index (κ3) is 3.47. The first-order chi connectivity index (χ1) is 10.1. The molecule has 0 radical (unpaired) electrons. The molecule has 1 N–H and O–H groups in total. The van der Waals surface area contributed by atoms with Crippen molar-refractivity contribution in [3.63, 3.8) is 0 Å². The van der Waals surface area contributed by atoms with Crippen LogP contribution < -0.4 is 4.72 Å². The zero-order chi connectivity index (χ0) is 16.5. The Bertz CT molecular complexity index is 789. The van der Waals surface area contributed by atoms with E-state index in [1.165, 1.54) is 12.1 Å². The average Bonchev–Trinajstić information content (AvgIpc) is 2.37. The third-order valence-corrected chi connectivity index (χ3v) is 3.90.